The van der Waals surface area contributed by atoms with Gasteiger partial charge in [-0.1, -0.05) is 0 Å². The summed E-state index contributed by atoms with van der Waals surface area (Å²) in [5.74, 6) is 1.30. The van der Waals surface area contributed by atoms with Crippen molar-refractivity contribution in [2.75, 3.05) is 38.7 Å². The highest BCUT2D eigenvalue weighted by molar-refractivity contribution is 7.92. The van der Waals surface area contributed by atoms with Crippen molar-refractivity contribution < 1.29 is 13.7 Å². The zero-order valence-corrected chi connectivity index (χ0v) is 18.3. The van der Waals surface area contributed by atoms with Gasteiger partial charge in [-0.25, -0.2) is 13.7 Å². The average Bonchev–Trinajstić information content (AvgIpc) is 3.11. The van der Waals surface area contributed by atoms with Crippen LogP contribution in [0.1, 0.15) is 18.4 Å². The molecule has 1 fully saturated rings. The average molecular weight is 423 g/mol. The molecule has 1 aliphatic rings. The molecule has 1 aromatic heterocycles. The molecular formula is C19H30N6O3S. The third-order valence-corrected chi connectivity index (χ3v) is 6.64. The van der Waals surface area contributed by atoms with E-state index in [0.29, 0.717) is 17.2 Å². The lowest BCUT2D eigenvalue weighted by molar-refractivity contribution is 0.254. The Kier molecular flexibility index (Phi) is 6.66. The van der Waals surface area contributed by atoms with E-state index in [9.17, 15) is 4.21 Å². The molecule has 0 saturated carbocycles. The molecule has 0 bridgehead atoms. The van der Waals surface area contributed by atoms with Crippen LogP contribution in [-0.2, 0) is 23.7 Å². The van der Waals surface area contributed by atoms with Gasteiger partial charge < -0.3 is 14.4 Å². The fourth-order valence-corrected chi connectivity index (χ4v) is 5.08. The summed E-state index contributed by atoms with van der Waals surface area (Å²) in [6.07, 6.45) is 5.42. The Labute approximate surface area is 172 Å². The lowest BCUT2D eigenvalue weighted by atomic mass is 10.1. The summed E-state index contributed by atoms with van der Waals surface area (Å²) in [7, 11) is 3.88. The predicted molar refractivity (Wildman–Crippen MR) is 114 cm³/mol. The van der Waals surface area contributed by atoms with E-state index in [4.69, 9.17) is 14.6 Å². The minimum absolute atomic E-state index is 0.00281. The highest BCUT2D eigenvalue weighted by Crippen LogP contribution is 2.28. The SMILES string of the molecule is COc1ccc(CN=S(N)(=O)N(c2cnn(C)c2)C2CCCN(C)C2)c(OC)c1. The second-order valence-corrected chi connectivity index (χ2v) is 8.99. The van der Waals surface area contributed by atoms with Gasteiger partial charge in [0.1, 0.15) is 11.5 Å². The third-order valence-electron chi connectivity index (χ3n) is 5.07. The topological polar surface area (TPSA) is 98.2 Å². The molecule has 160 valence electrons. The van der Waals surface area contributed by atoms with Crippen LogP contribution >= 0.6 is 0 Å². The van der Waals surface area contributed by atoms with Crippen LogP contribution in [0, 0.1) is 0 Å². The number of aromatic nitrogens is 2. The maximum atomic E-state index is 13.6. The first-order chi connectivity index (χ1) is 13.8. The van der Waals surface area contributed by atoms with Gasteiger partial charge in [-0.2, -0.15) is 5.10 Å². The molecule has 10 heteroatoms. The fraction of sp³-hybridized carbons (Fsp3) is 0.526. The van der Waals surface area contributed by atoms with E-state index in [1.54, 1.807) is 35.5 Å². The van der Waals surface area contributed by atoms with Crippen molar-refractivity contribution in [1.29, 1.82) is 0 Å². The quantitative estimate of drug-likeness (QED) is 0.734. The second-order valence-electron chi connectivity index (χ2n) is 7.26. The van der Waals surface area contributed by atoms with Gasteiger partial charge >= 0.3 is 0 Å². The molecule has 1 saturated heterocycles. The van der Waals surface area contributed by atoms with Crippen molar-refractivity contribution in [2.24, 2.45) is 16.5 Å². The van der Waals surface area contributed by atoms with E-state index in [2.05, 4.69) is 21.4 Å². The first-order valence-corrected chi connectivity index (χ1v) is 11.1. The number of nitrogens with zero attached hydrogens (tertiary/aromatic N) is 5. The van der Waals surface area contributed by atoms with Gasteiger partial charge in [-0.3, -0.25) is 8.99 Å². The zero-order valence-electron chi connectivity index (χ0n) is 17.4. The summed E-state index contributed by atoms with van der Waals surface area (Å²) in [5.41, 5.74) is 1.50. The standard InChI is InChI=1S/C19H30N6O3S/c1-23-9-5-6-16(13-23)25(17-12-21-24(2)14-17)29(20,26)22-11-15-7-8-18(27-3)10-19(15)28-4/h7-8,10,12,14,16H,5-6,9,11,13H2,1-4H3,(H2,20,22,26). The number of benzene rings is 1. The lowest BCUT2D eigenvalue weighted by Crippen LogP contribution is -2.51. The van der Waals surface area contributed by atoms with E-state index in [1.165, 1.54) is 0 Å². The Morgan fingerprint density at radius 1 is 1.34 bits per heavy atom. The number of methoxy groups -OCH3 is 2. The minimum Gasteiger partial charge on any atom is -0.497 e. The van der Waals surface area contributed by atoms with Gasteiger partial charge in [-0.05, 0) is 38.6 Å². The van der Waals surface area contributed by atoms with Crippen molar-refractivity contribution in [1.82, 2.24) is 14.7 Å². The number of aryl methyl sites for hydroxylation is 1. The van der Waals surface area contributed by atoms with Crippen LogP contribution in [0.2, 0.25) is 0 Å². The van der Waals surface area contributed by atoms with Crippen molar-refractivity contribution in [2.45, 2.75) is 25.4 Å². The molecule has 0 aliphatic carbocycles. The summed E-state index contributed by atoms with van der Waals surface area (Å²) in [5, 5.41) is 10.6. The number of hydrogen-bond acceptors (Lipinski definition) is 6. The maximum absolute atomic E-state index is 13.6. The summed E-state index contributed by atoms with van der Waals surface area (Å²) in [6, 6.07) is 5.44. The van der Waals surface area contributed by atoms with E-state index in [0.717, 1.165) is 31.5 Å². The van der Waals surface area contributed by atoms with E-state index in [1.807, 2.05) is 25.4 Å². The number of piperidine rings is 1. The number of ether oxygens (including phenoxy) is 2. The molecule has 0 spiro atoms. The van der Waals surface area contributed by atoms with Gasteiger partial charge in [0.15, 0.2) is 10.1 Å². The van der Waals surface area contributed by atoms with Gasteiger partial charge in [0.25, 0.3) is 0 Å². The molecule has 29 heavy (non-hydrogen) atoms. The first kappa shape index (κ1) is 21.4. The molecule has 3 rings (SSSR count). The third kappa shape index (κ3) is 5.01. The number of nitrogens with two attached hydrogens (primary N) is 1. The van der Waals surface area contributed by atoms with Crippen molar-refractivity contribution in [3.8, 4) is 11.5 Å². The van der Waals surface area contributed by atoms with Crippen LogP contribution in [0.4, 0.5) is 5.69 Å². The number of likely N-dealkylation sites (tertiary alicyclic amines) is 1. The van der Waals surface area contributed by atoms with Crippen LogP contribution in [-0.4, -0.2) is 59.3 Å². The van der Waals surface area contributed by atoms with E-state index >= 15 is 0 Å². The van der Waals surface area contributed by atoms with Gasteiger partial charge in [-0.15, -0.1) is 0 Å². The Morgan fingerprint density at radius 3 is 2.76 bits per heavy atom. The molecule has 2 unspecified atom stereocenters. The van der Waals surface area contributed by atoms with Crippen LogP contribution < -0.4 is 18.9 Å². The Balaban J connectivity index is 1.94. The largest absolute Gasteiger partial charge is 0.497 e. The zero-order chi connectivity index (χ0) is 21.0. The Hall–Kier alpha value is -2.30. The summed E-state index contributed by atoms with van der Waals surface area (Å²) < 4.78 is 32.1. The highest BCUT2D eigenvalue weighted by Gasteiger charge is 2.30. The fourth-order valence-electron chi connectivity index (χ4n) is 3.63. The molecule has 9 nitrogen and oxygen atoms in total. The van der Waals surface area contributed by atoms with Crippen LogP contribution in [0.5, 0.6) is 11.5 Å². The van der Waals surface area contributed by atoms with Gasteiger partial charge in [0.05, 0.1) is 38.7 Å². The summed E-state index contributed by atoms with van der Waals surface area (Å²) >= 11 is 0. The van der Waals surface area contributed by atoms with Crippen LogP contribution in [0.25, 0.3) is 0 Å². The Bertz CT molecular complexity index is 953. The molecule has 1 aliphatic heterocycles. The van der Waals surface area contributed by atoms with Crippen molar-refractivity contribution in [3.63, 3.8) is 0 Å². The van der Waals surface area contributed by atoms with Gasteiger partial charge in [0, 0.05) is 31.4 Å². The number of anilines is 1. The second kappa shape index (κ2) is 9.02. The molecule has 0 radical (unpaired) electrons. The molecular weight excluding hydrogens is 392 g/mol. The minimum atomic E-state index is -3.18. The smallest absolute Gasteiger partial charge is 0.195 e. The van der Waals surface area contributed by atoms with Crippen LogP contribution in [0.15, 0.2) is 35.0 Å². The first-order valence-electron chi connectivity index (χ1n) is 9.52. The normalized spacial score (nSPS) is 19.4. The molecule has 1 aromatic carbocycles. The molecule has 2 heterocycles. The van der Waals surface area contributed by atoms with Crippen molar-refractivity contribution >= 4 is 15.8 Å². The van der Waals surface area contributed by atoms with E-state index < -0.39 is 10.1 Å². The number of rotatable bonds is 7. The number of likely N-dealkylation sites (N-methyl/N-ethyl adjacent to an activating group) is 1. The molecule has 2 atom stereocenters. The monoisotopic (exact) mass is 422 g/mol. The number of hydrogen-bond donors (Lipinski definition) is 1. The molecule has 0 amide bonds. The predicted octanol–water partition coefficient (Wildman–Crippen LogP) is 1.79. The van der Waals surface area contributed by atoms with Crippen LogP contribution in [0.3, 0.4) is 0 Å². The van der Waals surface area contributed by atoms with E-state index in [-0.39, 0.29) is 12.6 Å². The summed E-state index contributed by atoms with van der Waals surface area (Å²) in [6.45, 7) is 1.95. The lowest BCUT2D eigenvalue weighted by Gasteiger charge is -2.38. The highest BCUT2D eigenvalue weighted by atomic mass is 32.2. The molecule has 2 N–H and O–H groups in total. The maximum Gasteiger partial charge on any atom is 0.195 e. The Morgan fingerprint density at radius 2 is 2.14 bits per heavy atom. The van der Waals surface area contributed by atoms with Gasteiger partial charge in [0.2, 0.25) is 0 Å². The molecule has 2 aromatic rings. The van der Waals surface area contributed by atoms with Crippen molar-refractivity contribution in [3.05, 3.63) is 36.2 Å². The summed E-state index contributed by atoms with van der Waals surface area (Å²) in [4.78, 5) is 2.22.